The first-order valence-electron chi connectivity index (χ1n) is 6.70. The standard InChI is InChI=1S/C17H17NO3/c1-14-6-2-3-8-16(14)20-12-13-21-17(19)10-9-15-7-4-5-11-18-15/h2-11H,12-13H2,1H3. The van der Waals surface area contributed by atoms with E-state index < -0.39 is 5.97 Å². The number of hydrogen-bond donors (Lipinski definition) is 0. The Hall–Kier alpha value is -2.62. The van der Waals surface area contributed by atoms with Gasteiger partial charge in [0.15, 0.2) is 0 Å². The second kappa shape index (κ2) is 7.85. The molecule has 4 nitrogen and oxygen atoms in total. The Bertz CT molecular complexity index is 608. The summed E-state index contributed by atoms with van der Waals surface area (Å²) in [5.74, 6) is 0.395. The summed E-state index contributed by atoms with van der Waals surface area (Å²) in [5, 5.41) is 0. The highest BCUT2D eigenvalue weighted by Gasteiger charge is 2.00. The summed E-state index contributed by atoms with van der Waals surface area (Å²) in [5.41, 5.74) is 1.77. The Balaban J connectivity index is 1.70. The number of hydrogen-bond acceptors (Lipinski definition) is 4. The van der Waals surface area contributed by atoms with E-state index in [2.05, 4.69) is 4.98 Å². The first kappa shape index (κ1) is 14.8. The van der Waals surface area contributed by atoms with Crippen LogP contribution in [0.1, 0.15) is 11.3 Å². The molecule has 1 aromatic heterocycles. The lowest BCUT2D eigenvalue weighted by Crippen LogP contribution is -2.10. The number of esters is 1. The van der Waals surface area contributed by atoms with Gasteiger partial charge >= 0.3 is 5.97 Å². The predicted molar refractivity (Wildman–Crippen MR) is 80.9 cm³/mol. The maximum Gasteiger partial charge on any atom is 0.330 e. The Kier molecular flexibility index (Phi) is 5.52. The lowest BCUT2D eigenvalue weighted by molar-refractivity contribution is -0.138. The van der Waals surface area contributed by atoms with Gasteiger partial charge < -0.3 is 9.47 Å². The van der Waals surface area contributed by atoms with Gasteiger partial charge in [0.25, 0.3) is 0 Å². The predicted octanol–water partition coefficient (Wildman–Crippen LogP) is 3.03. The van der Waals surface area contributed by atoms with Crippen molar-refractivity contribution < 1.29 is 14.3 Å². The number of rotatable bonds is 6. The summed E-state index contributed by atoms with van der Waals surface area (Å²) in [6.45, 7) is 2.50. The van der Waals surface area contributed by atoms with Gasteiger partial charge in [-0.05, 0) is 36.8 Å². The van der Waals surface area contributed by atoms with Gasteiger partial charge in [0.1, 0.15) is 19.0 Å². The monoisotopic (exact) mass is 283 g/mol. The van der Waals surface area contributed by atoms with Crippen LogP contribution in [0.2, 0.25) is 0 Å². The van der Waals surface area contributed by atoms with E-state index in [9.17, 15) is 4.79 Å². The van der Waals surface area contributed by atoms with Crippen molar-refractivity contribution in [3.05, 3.63) is 66.0 Å². The zero-order chi connectivity index (χ0) is 14.9. The fourth-order valence-corrected chi connectivity index (χ4v) is 1.69. The molecule has 108 valence electrons. The van der Waals surface area contributed by atoms with E-state index in [0.717, 1.165) is 11.3 Å². The van der Waals surface area contributed by atoms with Crippen molar-refractivity contribution in [2.24, 2.45) is 0 Å². The minimum Gasteiger partial charge on any atom is -0.490 e. The summed E-state index contributed by atoms with van der Waals surface area (Å²) >= 11 is 0. The van der Waals surface area contributed by atoms with E-state index in [1.807, 2.05) is 49.4 Å². The highest BCUT2D eigenvalue weighted by molar-refractivity contribution is 5.86. The molecule has 0 saturated carbocycles. The molecule has 0 spiro atoms. The van der Waals surface area contributed by atoms with Crippen LogP contribution in [0, 0.1) is 6.92 Å². The van der Waals surface area contributed by atoms with Crippen LogP contribution in [0.4, 0.5) is 0 Å². The van der Waals surface area contributed by atoms with E-state index >= 15 is 0 Å². The number of benzene rings is 1. The molecule has 0 radical (unpaired) electrons. The molecule has 0 aliphatic rings. The van der Waals surface area contributed by atoms with Gasteiger partial charge in [-0.1, -0.05) is 24.3 Å². The minimum absolute atomic E-state index is 0.208. The van der Waals surface area contributed by atoms with E-state index in [4.69, 9.17) is 9.47 Å². The van der Waals surface area contributed by atoms with Crippen LogP contribution < -0.4 is 4.74 Å². The van der Waals surface area contributed by atoms with Gasteiger partial charge in [-0.2, -0.15) is 0 Å². The fraction of sp³-hybridized carbons (Fsp3) is 0.176. The van der Waals surface area contributed by atoms with Crippen molar-refractivity contribution in [3.63, 3.8) is 0 Å². The second-order valence-corrected chi connectivity index (χ2v) is 4.37. The normalized spacial score (nSPS) is 10.5. The minimum atomic E-state index is -0.408. The van der Waals surface area contributed by atoms with Crippen molar-refractivity contribution in [1.82, 2.24) is 4.98 Å². The van der Waals surface area contributed by atoms with Gasteiger partial charge in [0, 0.05) is 12.3 Å². The van der Waals surface area contributed by atoms with Crippen LogP contribution in [0.5, 0.6) is 5.75 Å². The molecule has 0 atom stereocenters. The quantitative estimate of drug-likeness (QED) is 0.464. The van der Waals surface area contributed by atoms with E-state index in [1.54, 1.807) is 12.3 Å². The number of nitrogens with zero attached hydrogens (tertiary/aromatic N) is 1. The maximum absolute atomic E-state index is 11.5. The van der Waals surface area contributed by atoms with Crippen LogP contribution >= 0.6 is 0 Å². The number of aryl methyl sites for hydroxylation is 1. The SMILES string of the molecule is Cc1ccccc1OCCOC(=O)C=Cc1ccccn1. The smallest absolute Gasteiger partial charge is 0.330 e. The molecule has 4 heteroatoms. The highest BCUT2D eigenvalue weighted by Crippen LogP contribution is 2.15. The lowest BCUT2D eigenvalue weighted by atomic mass is 10.2. The second-order valence-electron chi connectivity index (χ2n) is 4.37. The number of carbonyl (C=O) groups is 1. The van der Waals surface area contributed by atoms with E-state index in [1.165, 1.54) is 6.08 Å². The van der Waals surface area contributed by atoms with E-state index in [0.29, 0.717) is 12.3 Å². The highest BCUT2D eigenvalue weighted by atomic mass is 16.6. The van der Waals surface area contributed by atoms with Gasteiger partial charge in [-0.15, -0.1) is 0 Å². The van der Waals surface area contributed by atoms with Crippen molar-refractivity contribution in [2.45, 2.75) is 6.92 Å². The molecule has 1 heterocycles. The van der Waals surface area contributed by atoms with Crippen molar-refractivity contribution >= 4 is 12.0 Å². The number of aromatic nitrogens is 1. The molecule has 21 heavy (non-hydrogen) atoms. The Labute approximate surface area is 124 Å². The molecule has 0 fully saturated rings. The first-order chi connectivity index (χ1) is 10.3. The molecule has 1 aromatic carbocycles. The topological polar surface area (TPSA) is 48.4 Å². The Morgan fingerprint density at radius 3 is 2.71 bits per heavy atom. The van der Waals surface area contributed by atoms with Crippen LogP contribution in [0.15, 0.2) is 54.7 Å². The molecular weight excluding hydrogens is 266 g/mol. The number of pyridine rings is 1. The number of carbonyl (C=O) groups excluding carboxylic acids is 1. The summed E-state index contributed by atoms with van der Waals surface area (Å²) in [7, 11) is 0. The average molecular weight is 283 g/mol. The molecule has 0 aliphatic carbocycles. The zero-order valence-electron chi connectivity index (χ0n) is 11.9. The summed E-state index contributed by atoms with van der Waals surface area (Å²) in [4.78, 5) is 15.6. The Morgan fingerprint density at radius 2 is 1.95 bits per heavy atom. The average Bonchev–Trinajstić information content (AvgIpc) is 2.52. The molecule has 2 rings (SSSR count). The Morgan fingerprint density at radius 1 is 1.14 bits per heavy atom. The first-order valence-corrected chi connectivity index (χ1v) is 6.70. The number of ether oxygens (including phenoxy) is 2. The summed E-state index contributed by atoms with van der Waals surface area (Å²) < 4.78 is 10.6. The van der Waals surface area contributed by atoms with Crippen LogP contribution in [0.3, 0.4) is 0 Å². The lowest BCUT2D eigenvalue weighted by Gasteiger charge is -2.08. The van der Waals surface area contributed by atoms with Crippen LogP contribution in [0.25, 0.3) is 6.08 Å². The molecular formula is C17H17NO3. The van der Waals surface area contributed by atoms with Crippen LogP contribution in [-0.2, 0) is 9.53 Å². The van der Waals surface area contributed by atoms with Gasteiger partial charge in [-0.3, -0.25) is 4.98 Å². The molecule has 0 bridgehead atoms. The molecule has 0 N–H and O–H groups in total. The molecule has 2 aromatic rings. The molecule has 0 unspecified atom stereocenters. The van der Waals surface area contributed by atoms with Gasteiger partial charge in [0.05, 0.1) is 5.69 Å². The molecule has 0 saturated heterocycles. The fourth-order valence-electron chi connectivity index (χ4n) is 1.69. The number of para-hydroxylation sites is 1. The van der Waals surface area contributed by atoms with Crippen molar-refractivity contribution in [1.29, 1.82) is 0 Å². The third kappa shape index (κ3) is 5.10. The summed E-state index contributed by atoms with van der Waals surface area (Å²) in [6, 6.07) is 13.2. The van der Waals surface area contributed by atoms with Crippen molar-refractivity contribution in [3.8, 4) is 5.75 Å². The largest absolute Gasteiger partial charge is 0.490 e. The maximum atomic E-state index is 11.5. The summed E-state index contributed by atoms with van der Waals surface area (Å²) in [6.07, 6.45) is 4.64. The third-order valence-corrected chi connectivity index (χ3v) is 2.76. The molecule has 0 aliphatic heterocycles. The van der Waals surface area contributed by atoms with Gasteiger partial charge in [0.2, 0.25) is 0 Å². The third-order valence-electron chi connectivity index (χ3n) is 2.76. The van der Waals surface area contributed by atoms with Crippen molar-refractivity contribution in [2.75, 3.05) is 13.2 Å². The molecule has 0 amide bonds. The van der Waals surface area contributed by atoms with Crippen LogP contribution in [-0.4, -0.2) is 24.2 Å². The van der Waals surface area contributed by atoms with E-state index in [-0.39, 0.29) is 6.61 Å². The zero-order valence-corrected chi connectivity index (χ0v) is 11.9. The van der Waals surface area contributed by atoms with Gasteiger partial charge in [-0.25, -0.2) is 4.79 Å².